The van der Waals surface area contributed by atoms with Gasteiger partial charge in [-0.05, 0) is 50.0 Å². The Hall–Kier alpha value is -1.64. The van der Waals surface area contributed by atoms with E-state index in [9.17, 15) is 4.79 Å². The zero-order valence-electron chi connectivity index (χ0n) is 13.6. The van der Waals surface area contributed by atoms with Crippen molar-refractivity contribution in [1.29, 1.82) is 0 Å². The van der Waals surface area contributed by atoms with Crippen LogP contribution >= 0.6 is 11.6 Å². The van der Waals surface area contributed by atoms with E-state index in [1.165, 1.54) is 5.56 Å². The van der Waals surface area contributed by atoms with E-state index in [0.29, 0.717) is 0 Å². The van der Waals surface area contributed by atoms with E-state index in [2.05, 4.69) is 24.9 Å². The standard InChI is InChI=1S/C20H22ClNO/c1-14-16(9-6-10-19(14)21)17-11-12-22(2)13-18(17)20(23)15-7-4-3-5-8-15/h3-10,17-18H,11-13H2,1-2H3/t17-,18+/m1/s1. The molecule has 0 aliphatic carbocycles. The summed E-state index contributed by atoms with van der Waals surface area (Å²) < 4.78 is 0. The molecule has 2 nitrogen and oxygen atoms in total. The van der Waals surface area contributed by atoms with Gasteiger partial charge in [0.2, 0.25) is 0 Å². The smallest absolute Gasteiger partial charge is 0.167 e. The lowest BCUT2D eigenvalue weighted by atomic mass is 9.75. The third-order valence-corrected chi connectivity index (χ3v) is 5.33. The summed E-state index contributed by atoms with van der Waals surface area (Å²) in [6, 6.07) is 15.7. The second kappa shape index (κ2) is 6.86. The Morgan fingerprint density at radius 3 is 2.61 bits per heavy atom. The summed E-state index contributed by atoms with van der Waals surface area (Å²) in [7, 11) is 2.09. The molecule has 1 fully saturated rings. The summed E-state index contributed by atoms with van der Waals surface area (Å²) >= 11 is 6.31. The Morgan fingerprint density at radius 1 is 1.13 bits per heavy atom. The van der Waals surface area contributed by atoms with Crippen molar-refractivity contribution in [2.24, 2.45) is 5.92 Å². The number of rotatable bonds is 3. The quantitative estimate of drug-likeness (QED) is 0.770. The van der Waals surface area contributed by atoms with E-state index in [0.717, 1.165) is 35.7 Å². The van der Waals surface area contributed by atoms with Crippen molar-refractivity contribution in [2.45, 2.75) is 19.3 Å². The molecule has 0 radical (unpaired) electrons. The molecule has 0 N–H and O–H groups in total. The topological polar surface area (TPSA) is 20.3 Å². The normalized spacial score (nSPS) is 22.0. The summed E-state index contributed by atoms with van der Waals surface area (Å²) in [6.45, 7) is 3.86. The van der Waals surface area contributed by atoms with Crippen molar-refractivity contribution in [3.63, 3.8) is 0 Å². The molecule has 3 heteroatoms. The minimum Gasteiger partial charge on any atom is -0.306 e. The Balaban J connectivity index is 1.97. The minimum atomic E-state index is -0.0201. The first-order valence-corrected chi connectivity index (χ1v) is 8.48. The van der Waals surface area contributed by atoms with Crippen LogP contribution in [0.3, 0.4) is 0 Å². The third kappa shape index (κ3) is 3.34. The van der Waals surface area contributed by atoms with Gasteiger partial charge in [0, 0.05) is 23.0 Å². The second-order valence-corrected chi connectivity index (χ2v) is 6.86. The van der Waals surface area contributed by atoms with Crippen molar-refractivity contribution in [3.8, 4) is 0 Å². The molecule has 2 aromatic carbocycles. The molecule has 0 spiro atoms. The number of hydrogen-bond acceptors (Lipinski definition) is 2. The van der Waals surface area contributed by atoms with Crippen LogP contribution in [0.2, 0.25) is 5.02 Å². The molecule has 0 bridgehead atoms. The van der Waals surface area contributed by atoms with E-state index >= 15 is 0 Å². The maximum Gasteiger partial charge on any atom is 0.167 e. The maximum absolute atomic E-state index is 13.1. The molecular formula is C20H22ClNO. The lowest BCUT2D eigenvalue weighted by molar-refractivity contribution is 0.0808. The highest BCUT2D eigenvalue weighted by Gasteiger charge is 2.35. The fraction of sp³-hybridized carbons (Fsp3) is 0.350. The zero-order valence-corrected chi connectivity index (χ0v) is 14.4. The fourth-order valence-electron chi connectivity index (χ4n) is 3.60. The number of likely N-dealkylation sites (tertiary alicyclic amines) is 1. The van der Waals surface area contributed by atoms with Gasteiger partial charge >= 0.3 is 0 Å². The molecule has 1 saturated heterocycles. The van der Waals surface area contributed by atoms with Gasteiger partial charge in [-0.15, -0.1) is 0 Å². The predicted octanol–water partition coefficient (Wildman–Crippen LogP) is 4.57. The highest BCUT2D eigenvalue weighted by Crippen LogP contribution is 2.37. The number of Topliss-reactive ketones (excluding diaryl/α,β-unsaturated/α-hetero) is 1. The van der Waals surface area contributed by atoms with Crippen LogP contribution in [0.1, 0.15) is 33.8 Å². The molecule has 1 aliphatic rings. The van der Waals surface area contributed by atoms with E-state index in [1.54, 1.807) is 0 Å². The van der Waals surface area contributed by atoms with Crippen LogP contribution in [-0.4, -0.2) is 30.8 Å². The zero-order chi connectivity index (χ0) is 16.4. The number of halogens is 1. The van der Waals surface area contributed by atoms with E-state index in [4.69, 9.17) is 11.6 Å². The van der Waals surface area contributed by atoms with Crippen LogP contribution in [-0.2, 0) is 0 Å². The van der Waals surface area contributed by atoms with Gasteiger partial charge in [-0.25, -0.2) is 0 Å². The third-order valence-electron chi connectivity index (χ3n) is 4.92. The van der Waals surface area contributed by atoms with Gasteiger partial charge in [-0.2, -0.15) is 0 Å². The molecule has 2 aromatic rings. The second-order valence-electron chi connectivity index (χ2n) is 6.45. The van der Waals surface area contributed by atoms with Gasteiger partial charge in [0.25, 0.3) is 0 Å². The van der Waals surface area contributed by atoms with E-state index in [-0.39, 0.29) is 17.6 Å². The van der Waals surface area contributed by atoms with Crippen LogP contribution in [0.25, 0.3) is 0 Å². The molecule has 1 heterocycles. The molecule has 23 heavy (non-hydrogen) atoms. The monoisotopic (exact) mass is 327 g/mol. The number of benzene rings is 2. The van der Waals surface area contributed by atoms with Crippen molar-refractivity contribution < 1.29 is 4.79 Å². The molecule has 0 amide bonds. The van der Waals surface area contributed by atoms with Crippen LogP contribution in [0.4, 0.5) is 0 Å². The SMILES string of the molecule is Cc1c(Cl)cccc1[C@H]1CCN(C)C[C@@H]1C(=O)c1ccccc1. The molecule has 0 aromatic heterocycles. The minimum absolute atomic E-state index is 0.0201. The van der Waals surface area contributed by atoms with Crippen LogP contribution in [0, 0.1) is 12.8 Å². The first-order valence-electron chi connectivity index (χ1n) is 8.10. The molecular weight excluding hydrogens is 306 g/mol. The summed E-state index contributed by atoms with van der Waals surface area (Å²) in [5.41, 5.74) is 3.13. The number of piperidine rings is 1. The predicted molar refractivity (Wildman–Crippen MR) is 95.3 cm³/mol. The van der Waals surface area contributed by atoms with Gasteiger partial charge in [0.05, 0.1) is 0 Å². The van der Waals surface area contributed by atoms with E-state index < -0.39 is 0 Å². The number of carbonyl (C=O) groups excluding carboxylic acids is 1. The lowest BCUT2D eigenvalue weighted by Crippen LogP contribution is -2.41. The average molecular weight is 328 g/mol. The van der Waals surface area contributed by atoms with Gasteiger partial charge in [-0.3, -0.25) is 4.79 Å². The number of nitrogens with zero attached hydrogens (tertiary/aromatic N) is 1. The Morgan fingerprint density at radius 2 is 1.87 bits per heavy atom. The number of hydrogen-bond donors (Lipinski definition) is 0. The van der Waals surface area contributed by atoms with Gasteiger partial charge in [-0.1, -0.05) is 54.1 Å². The summed E-state index contributed by atoms with van der Waals surface area (Å²) in [6.07, 6.45) is 0.987. The lowest BCUT2D eigenvalue weighted by Gasteiger charge is -2.37. The largest absolute Gasteiger partial charge is 0.306 e. The summed E-state index contributed by atoms with van der Waals surface area (Å²) in [5, 5.41) is 0.785. The van der Waals surface area contributed by atoms with Gasteiger partial charge in [0.15, 0.2) is 5.78 Å². The first-order chi connectivity index (χ1) is 11.1. The van der Waals surface area contributed by atoms with Crippen LogP contribution in [0.15, 0.2) is 48.5 Å². The Bertz CT molecular complexity index is 698. The maximum atomic E-state index is 13.1. The average Bonchev–Trinajstić information content (AvgIpc) is 2.58. The first kappa shape index (κ1) is 16.2. The van der Waals surface area contributed by atoms with Crippen molar-refractivity contribution in [2.75, 3.05) is 20.1 Å². The van der Waals surface area contributed by atoms with Crippen LogP contribution in [0.5, 0.6) is 0 Å². The van der Waals surface area contributed by atoms with Crippen LogP contribution < -0.4 is 0 Å². The molecule has 2 atom stereocenters. The van der Waals surface area contributed by atoms with E-state index in [1.807, 2.05) is 42.5 Å². The Labute approximate surface area is 143 Å². The van der Waals surface area contributed by atoms with Crippen molar-refractivity contribution in [1.82, 2.24) is 4.90 Å². The Kier molecular flexibility index (Phi) is 4.84. The molecule has 3 rings (SSSR count). The van der Waals surface area contributed by atoms with Crippen molar-refractivity contribution in [3.05, 3.63) is 70.2 Å². The number of carbonyl (C=O) groups is 1. The molecule has 0 unspecified atom stereocenters. The fourth-order valence-corrected chi connectivity index (χ4v) is 3.78. The van der Waals surface area contributed by atoms with Crippen molar-refractivity contribution >= 4 is 17.4 Å². The molecule has 0 saturated carbocycles. The molecule has 1 aliphatic heterocycles. The molecule has 120 valence electrons. The summed E-state index contributed by atoms with van der Waals surface area (Å²) in [5.74, 6) is 0.451. The number of ketones is 1. The summed E-state index contributed by atoms with van der Waals surface area (Å²) in [4.78, 5) is 15.3. The van der Waals surface area contributed by atoms with Gasteiger partial charge in [0.1, 0.15) is 0 Å². The highest BCUT2D eigenvalue weighted by atomic mass is 35.5. The van der Waals surface area contributed by atoms with Gasteiger partial charge < -0.3 is 4.90 Å². The highest BCUT2D eigenvalue weighted by molar-refractivity contribution is 6.31.